The summed E-state index contributed by atoms with van der Waals surface area (Å²) in [5.41, 5.74) is 1.19. The third kappa shape index (κ3) is 5.18. The highest BCUT2D eigenvalue weighted by atomic mass is 16.5. The van der Waals surface area contributed by atoms with Crippen molar-refractivity contribution in [3.63, 3.8) is 0 Å². The average molecular weight is 409 g/mol. The van der Waals surface area contributed by atoms with Crippen molar-refractivity contribution in [1.82, 2.24) is 0 Å². The number of allylic oxidation sites excluding steroid dienone is 1. The van der Waals surface area contributed by atoms with Crippen molar-refractivity contribution in [2.75, 3.05) is 0 Å². The first-order chi connectivity index (χ1) is 14.6. The summed E-state index contributed by atoms with van der Waals surface area (Å²) in [6, 6.07) is 7.89. The predicted octanol–water partition coefficient (Wildman–Crippen LogP) is 7.51. The zero-order valence-corrected chi connectivity index (χ0v) is 18.9. The maximum atomic E-state index is 13.0. The fraction of sp³-hybridized carbons (Fsp3) is 0.679. The van der Waals surface area contributed by atoms with E-state index < -0.39 is 0 Å². The minimum absolute atomic E-state index is 0.0229. The Morgan fingerprint density at radius 2 is 1.70 bits per heavy atom. The zero-order valence-electron chi connectivity index (χ0n) is 18.9. The topological polar surface area (TPSA) is 26.3 Å². The quantitative estimate of drug-likeness (QED) is 0.277. The van der Waals surface area contributed by atoms with Crippen LogP contribution in [0.5, 0.6) is 5.75 Å². The molecular weight excluding hydrogens is 368 g/mol. The average Bonchev–Trinajstić information content (AvgIpc) is 2.78. The number of hydrogen-bond donors (Lipinski definition) is 0. The summed E-state index contributed by atoms with van der Waals surface area (Å²) in [4.78, 5) is 13.0. The summed E-state index contributed by atoms with van der Waals surface area (Å²) >= 11 is 0. The summed E-state index contributed by atoms with van der Waals surface area (Å²) in [6.45, 7) is 5.94. The van der Waals surface area contributed by atoms with E-state index in [-0.39, 0.29) is 11.9 Å². The van der Waals surface area contributed by atoms with Crippen LogP contribution in [0.4, 0.5) is 0 Å². The number of carbonyl (C=O) groups excluding carboxylic acids is 1. The van der Waals surface area contributed by atoms with Crippen LogP contribution in [0.25, 0.3) is 0 Å². The zero-order chi connectivity index (χ0) is 20.9. The molecule has 3 aliphatic carbocycles. The Hall–Kier alpha value is -1.57. The van der Waals surface area contributed by atoms with Crippen LogP contribution < -0.4 is 4.74 Å². The molecule has 3 aliphatic rings. The van der Waals surface area contributed by atoms with E-state index in [2.05, 4.69) is 19.6 Å². The van der Waals surface area contributed by atoms with E-state index in [1.54, 1.807) is 0 Å². The van der Waals surface area contributed by atoms with E-state index in [9.17, 15) is 4.79 Å². The molecule has 0 aromatic heterocycles. The number of ether oxygens (including phenoxy) is 1. The lowest BCUT2D eigenvalue weighted by molar-refractivity contribution is -0.144. The van der Waals surface area contributed by atoms with Crippen LogP contribution in [-0.2, 0) is 4.79 Å². The minimum atomic E-state index is 0.0229. The van der Waals surface area contributed by atoms with Crippen molar-refractivity contribution in [3.05, 3.63) is 42.5 Å². The molecule has 4 unspecified atom stereocenters. The second-order valence-electron chi connectivity index (χ2n) is 10.4. The molecule has 0 radical (unpaired) electrons. The van der Waals surface area contributed by atoms with Crippen LogP contribution in [-0.4, -0.2) is 5.97 Å². The summed E-state index contributed by atoms with van der Waals surface area (Å²) in [6.07, 6.45) is 17.8. The Kier molecular flexibility index (Phi) is 7.33. The van der Waals surface area contributed by atoms with Gasteiger partial charge in [-0.3, -0.25) is 4.79 Å². The molecule has 0 spiro atoms. The fourth-order valence-electron chi connectivity index (χ4n) is 6.82. The largest absolute Gasteiger partial charge is 0.426 e. The lowest BCUT2D eigenvalue weighted by Gasteiger charge is -2.46. The van der Waals surface area contributed by atoms with E-state index in [4.69, 9.17) is 4.74 Å². The summed E-state index contributed by atoms with van der Waals surface area (Å²) in [5.74, 6) is 4.91. The number of esters is 1. The normalized spacial score (nSPS) is 34.0. The van der Waals surface area contributed by atoms with Gasteiger partial charge in [-0.2, -0.15) is 0 Å². The SMILES string of the molecule is C=CCCC1CCC(C2CCC3C(CCCC3C(=O)Oc3ccc(C)cc3)C2)CC1. The standard InChI is InChI=1S/C28H40O2/c1-3-4-6-21-11-13-22(14-12-21)23-15-18-26-24(19-23)7-5-8-27(26)28(29)30-25-16-9-20(2)10-17-25/h3,9-10,16-17,21-24,26-27H,1,4-8,11-15,18-19H2,2H3. The van der Waals surface area contributed by atoms with E-state index in [1.807, 2.05) is 24.3 Å². The molecule has 1 aromatic rings. The molecule has 3 saturated carbocycles. The van der Waals surface area contributed by atoms with Gasteiger partial charge in [0, 0.05) is 0 Å². The number of fused-ring (bicyclic) bond motifs is 1. The summed E-state index contributed by atoms with van der Waals surface area (Å²) in [5, 5.41) is 0. The van der Waals surface area contributed by atoms with Crippen molar-refractivity contribution in [2.45, 2.75) is 84.0 Å². The van der Waals surface area contributed by atoms with Gasteiger partial charge in [0.2, 0.25) is 0 Å². The van der Waals surface area contributed by atoms with Crippen LogP contribution in [0, 0.1) is 42.4 Å². The van der Waals surface area contributed by atoms with Crippen LogP contribution in [0.15, 0.2) is 36.9 Å². The molecule has 0 aliphatic heterocycles. The molecule has 0 bridgehead atoms. The van der Waals surface area contributed by atoms with Crippen molar-refractivity contribution in [3.8, 4) is 5.75 Å². The van der Waals surface area contributed by atoms with Gasteiger partial charge < -0.3 is 4.74 Å². The fourth-order valence-corrected chi connectivity index (χ4v) is 6.82. The first-order valence-electron chi connectivity index (χ1n) is 12.5. The summed E-state index contributed by atoms with van der Waals surface area (Å²) in [7, 11) is 0. The highest BCUT2D eigenvalue weighted by Crippen LogP contribution is 2.50. The van der Waals surface area contributed by atoms with Gasteiger partial charge in [0.1, 0.15) is 5.75 Å². The Bertz CT molecular complexity index is 698. The smallest absolute Gasteiger partial charge is 0.314 e. The number of benzene rings is 1. The van der Waals surface area contributed by atoms with Crippen LogP contribution >= 0.6 is 0 Å². The van der Waals surface area contributed by atoms with Crippen molar-refractivity contribution >= 4 is 5.97 Å². The van der Waals surface area contributed by atoms with Gasteiger partial charge in [0.05, 0.1) is 5.92 Å². The van der Waals surface area contributed by atoms with Crippen LogP contribution in [0.3, 0.4) is 0 Å². The molecule has 1 aromatic carbocycles. The molecule has 30 heavy (non-hydrogen) atoms. The van der Waals surface area contributed by atoms with Gasteiger partial charge in [0.25, 0.3) is 0 Å². The maximum Gasteiger partial charge on any atom is 0.314 e. The van der Waals surface area contributed by atoms with E-state index in [0.29, 0.717) is 11.7 Å². The lowest BCUT2D eigenvalue weighted by Crippen LogP contribution is -2.40. The van der Waals surface area contributed by atoms with Crippen molar-refractivity contribution in [2.24, 2.45) is 35.5 Å². The van der Waals surface area contributed by atoms with Crippen LogP contribution in [0.2, 0.25) is 0 Å². The third-order valence-electron chi connectivity index (χ3n) is 8.57. The van der Waals surface area contributed by atoms with Gasteiger partial charge in [-0.1, -0.05) is 49.5 Å². The lowest BCUT2D eigenvalue weighted by atomic mass is 9.59. The first-order valence-corrected chi connectivity index (χ1v) is 12.5. The highest BCUT2D eigenvalue weighted by Gasteiger charge is 2.43. The Labute approximate surface area is 183 Å². The molecule has 2 heteroatoms. The first kappa shape index (κ1) is 21.7. The van der Waals surface area contributed by atoms with Gasteiger partial charge in [-0.25, -0.2) is 0 Å². The van der Waals surface area contributed by atoms with Gasteiger partial charge in [-0.15, -0.1) is 6.58 Å². The molecule has 0 amide bonds. The second kappa shape index (κ2) is 10.2. The molecule has 4 rings (SSSR count). The minimum Gasteiger partial charge on any atom is -0.426 e. The van der Waals surface area contributed by atoms with Gasteiger partial charge >= 0.3 is 5.97 Å². The van der Waals surface area contributed by atoms with Gasteiger partial charge in [0.15, 0.2) is 0 Å². The Morgan fingerprint density at radius 3 is 2.43 bits per heavy atom. The number of aryl methyl sites for hydroxylation is 1. The summed E-state index contributed by atoms with van der Waals surface area (Å²) < 4.78 is 5.80. The van der Waals surface area contributed by atoms with Crippen LogP contribution in [0.1, 0.15) is 82.6 Å². The molecule has 4 atom stereocenters. The van der Waals surface area contributed by atoms with E-state index in [1.165, 1.54) is 76.2 Å². The molecule has 0 saturated heterocycles. The second-order valence-corrected chi connectivity index (χ2v) is 10.4. The Morgan fingerprint density at radius 1 is 0.967 bits per heavy atom. The number of rotatable bonds is 6. The number of hydrogen-bond acceptors (Lipinski definition) is 2. The van der Waals surface area contributed by atoms with Crippen molar-refractivity contribution in [1.29, 1.82) is 0 Å². The van der Waals surface area contributed by atoms with Gasteiger partial charge in [-0.05, 0) is 100 Å². The number of carbonyl (C=O) groups is 1. The van der Waals surface area contributed by atoms with E-state index >= 15 is 0 Å². The highest BCUT2D eigenvalue weighted by molar-refractivity contribution is 5.75. The third-order valence-corrected chi connectivity index (χ3v) is 8.57. The van der Waals surface area contributed by atoms with Crippen molar-refractivity contribution < 1.29 is 9.53 Å². The Balaban J connectivity index is 1.30. The molecule has 3 fully saturated rings. The molecular formula is C28H40O2. The van der Waals surface area contributed by atoms with E-state index in [0.717, 1.165) is 30.1 Å². The maximum absolute atomic E-state index is 13.0. The monoisotopic (exact) mass is 408 g/mol. The molecule has 0 heterocycles. The molecule has 2 nitrogen and oxygen atoms in total. The molecule has 164 valence electrons. The molecule has 0 N–H and O–H groups in total. The predicted molar refractivity (Wildman–Crippen MR) is 123 cm³/mol.